The van der Waals surface area contributed by atoms with Crippen molar-refractivity contribution in [3.8, 4) is 23.8 Å². The smallest absolute Gasteiger partial charge is 0.315 e. The maximum Gasteiger partial charge on any atom is 0.315 e. The minimum absolute atomic E-state index is 0.0786. The Bertz CT molecular complexity index is 994. The third-order valence-corrected chi connectivity index (χ3v) is 5.62. The van der Waals surface area contributed by atoms with Crippen LogP contribution in [-0.2, 0) is 9.59 Å². The van der Waals surface area contributed by atoms with Crippen molar-refractivity contribution in [1.82, 2.24) is 5.01 Å². The van der Waals surface area contributed by atoms with Crippen molar-refractivity contribution >= 4 is 23.7 Å². The number of hydrazone groups is 1. The zero-order chi connectivity index (χ0) is 21.4. The van der Waals surface area contributed by atoms with Crippen molar-refractivity contribution < 1.29 is 24.0 Å². The number of nitro groups is 1. The first-order valence-corrected chi connectivity index (χ1v) is 9.57. The Morgan fingerprint density at radius 3 is 2.50 bits per heavy atom. The maximum atomic E-state index is 12.7. The van der Waals surface area contributed by atoms with E-state index in [1.165, 1.54) is 18.3 Å². The van der Waals surface area contributed by atoms with E-state index >= 15 is 0 Å². The number of nitrogens with zero attached hydrogens (tertiary/aromatic N) is 3. The fourth-order valence-corrected chi connectivity index (χ4v) is 4.46. The molecule has 2 amide bonds. The van der Waals surface area contributed by atoms with Crippen molar-refractivity contribution in [2.24, 2.45) is 28.8 Å². The third kappa shape index (κ3) is 3.10. The lowest BCUT2D eigenvalue weighted by atomic mass is 9.85. The van der Waals surface area contributed by atoms with Crippen molar-refractivity contribution in [3.05, 3.63) is 40.0 Å². The normalized spacial score (nSPS) is 26.3. The first-order chi connectivity index (χ1) is 14.5. The molecule has 0 radical (unpaired) electrons. The van der Waals surface area contributed by atoms with Crippen LogP contribution in [0, 0.1) is 46.1 Å². The van der Waals surface area contributed by atoms with Gasteiger partial charge in [0.05, 0.1) is 29.6 Å². The Kier molecular flexibility index (Phi) is 4.99. The third-order valence-electron chi connectivity index (χ3n) is 5.62. The monoisotopic (exact) mass is 409 g/mol. The quantitative estimate of drug-likeness (QED) is 0.170. The van der Waals surface area contributed by atoms with E-state index in [0.717, 1.165) is 11.4 Å². The molecule has 4 atom stereocenters. The van der Waals surface area contributed by atoms with Gasteiger partial charge in [0.2, 0.25) is 5.75 Å². The number of fused-ring (bicyclic) bond motifs is 5. The molecule has 0 aromatic heterocycles. The van der Waals surface area contributed by atoms with Gasteiger partial charge in [-0.05, 0) is 31.2 Å². The number of imide groups is 1. The SMILES string of the molecule is C#CCOc1c(OCC)cc(C=NN2C(=O)[C@@H]3[C@H](C2=O)[C@H]2C=C[C@H]3C2)cc1[N+](=O)[O-]. The molecule has 1 heterocycles. The molecule has 1 saturated heterocycles. The molecule has 154 valence electrons. The van der Waals surface area contributed by atoms with Crippen LogP contribution in [0.2, 0.25) is 0 Å². The molecule has 0 N–H and O–H groups in total. The molecular formula is C21H19N3O6. The number of carbonyl (C=O) groups excluding carboxylic acids is 2. The lowest BCUT2D eigenvalue weighted by molar-refractivity contribution is -0.385. The summed E-state index contributed by atoms with van der Waals surface area (Å²) in [6.45, 7) is 1.80. The van der Waals surface area contributed by atoms with Crippen LogP contribution < -0.4 is 9.47 Å². The molecule has 0 unspecified atom stereocenters. The van der Waals surface area contributed by atoms with E-state index in [9.17, 15) is 19.7 Å². The van der Waals surface area contributed by atoms with Gasteiger partial charge in [0.1, 0.15) is 6.61 Å². The summed E-state index contributed by atoms with van der Waals surface area (Å²) in [7, 11) is 0. The number of rotatable bonds is 7. The van der Waals surface area contributed by atoms with Gasteiger partial charge in [-0.15, -0.1) is 6.42 Å². The minimum atomic E-state index is -0.619. The summed E-state index contributed by atoms with van der Waals surface area (Å²) < 4.78 is 10.8. The molecule has 3 aliphatic rings. The molecule has 2 fully saturated rings. The molecule has 0 spiro atoms. The number of hydrogen-bond acceptors (Lipinski definition) is 7. The van der Waals surface area contributed by atoms with Crippen molar-refractivity contribution in [3.63, 3.8) is 0 Å². The molecule has 2 bridgehead atoms. The summed E-state index contributed by atoms with van der Waals surface area (Å²) in [6, 6.07) is 2.72. The van der Waals surface area contributed by atoms with E-state index in [-0.39, 0.29) is 71.4 Å². The summed E-state index contributed by atoms with van der Waals surface area (Å²) in [5, 5.41) is 16.5. The van der Waals surface area contributed by atoms with Crippen molar-refractivity contribution in [2.45, 2.75) is 13.3 Å². The number of allylic oxidation sites excluding steroid dienone is 2. The Labute approximate surface area is 172 Å². The number of hydrogen-bond donors (Lipinski definition) is 0. The second-order valence-electron chi connectivity index (χ2n) is 7.28. The van der Waals surface area contributed by atoms with Crippen LogP contribution in [0.5, 0.6) is 11.5 Å². The van der Waals surface area contributed by atoms with Gasteiger partial charge < -0.3 is 9.47 Å². The Morgan fingerprint density at radius 1 is 1.27 bits per heavy atom. The van der Waals surface area contributed by atoms with Crippen molar-refractivity contribution in [2.75, 3.05) is 13.2 Å². The number of nitro benzene ring substituents is 1. The molecule has 9 nitrogen and oxygen atoms in total. The lowest BCUT2D eigenvalue weighted by Gasteiger charge is -2.13. The van der Waals surface area contributed by atoms with E-state index in [1.54, 1.807) is 6.92 Å². The van der Waals surface area contributed by atoms with Gasteiger partial charge in [-0.3, -0.25) is 19.7 Å². The average molecular weight is 409 g/mol. The van der Waals surface area contributed by atoms with E-state index in [1.807, 2.05) is 12.2 Å². The van der Waals surface area contributed by atoms with Crippen molar-refractivity contribution in [1.29, 1.82) is 0 Å². The van der Waals surface area contributed by atoms with Gasteiger partial charge in [-0.25, -0.2) is 0 Å². The summed E-state index contributed by atoms with van der Waals surface area (Å²) in [6.07, 6.45) is 11.2. The highest BCUT2D eigenvalue weighted by Crippen LogP contribution is 2.52. The Hall–Kier alpha value is -3.67. The molecule has 4 rings (SSSR count). The van der Waals surface area contributed by atoms with E-state index in [2.05, 4.69) is 11.0 Å². The molecule has 30 heavy (non-hydrogen) atoms. The number of ether oxygens (including phenoxy) is 2. The molecular weight excluding hydrogens is 390 g/mol. The van der Waals surface area contributed by atoms with Crippen LogP contribution in [0.25, 0.3) is 0 Å². The first kappa shape index (κ1) is 19.6. The average Bonchev–Trinajstić information content (AvgIpc) is 3.40. The standard InChI is InChI=1S/C21H19N3O6/c1-3-7-30-19-15(24(27)28)8-12(9-16(19)29-4-2)11-22-23-20(25)17-13-5-6-14(10-13)18(17)21(23)26/h1,5-6,8-9,11,13-14,17-18H,4,7,10H2,2H3/t13-,14-,17-,18+/m0/s1. The van der Waals surface area contributed by atoms with Gasteiger partial charge in [0.15, 0.2) is 5.75 Å². The zero-order valence-electron chi connectivity index (χ0n) is 16.2. The van der Waals surface area contributed by atoms with Gasteiger partial charge in [-0.1, -0.05) is 18.1 Å². The Balaban J connectivity index is 1.64. The number of terminal acetylenes is 1. The minimum Gasteiger partial charge on any atom is -0.490 e. The summed E-state index contributed by atoms with van der Waals surface area (Å²) >= 11 is 0. The predicted molar refractivity (Wildman–Crippen MR) is 106 cm³/mol. The second kappa shape index (κ2) is 7.63. The van der Waals surface area contributed by atoms with E-state index in [0.29, 0.717) is 0 Å². The van der Waals surface area contributed by atoms with Crippen LogP contribution in [0.4, 0.5) is 5.69 Å². The summed E-state index contributed by atoms with van der Waals surface area (Å²) in [5.41, 5.74) is -0.0622. The summed E-state index contributed by atoms with van der Waals surface area (Å²) in [5.74, 6) is 1.08. The van der Waals surface area contributed by atoms with Gasteiger partial charge >= 0.3 is 5.69 Å². The van der Waals surface area contributed by atoms with Crippen LogP contribution in [0.3, 0.4) is 0 Å². The highest BCUT2D eigenvalue weighted by molar-refractivity contribution is 6.06. The largest absolute Gasteiger partial charge is 0.490 e. The van der Waals surface area contributed by atoms with Crippen LogP contribution >= 0.6 is 0 Å². The Morgan fingerprint density at radius 2 is 1.93 bits per heavy atom. The lowest BCUT2D eigenvalue weighted by Crippen LogP contribution is -2.28. The van der Waals surface area contributed by atoms with Crippen LogP contribution in [0.15, 0.2) is 29.4 Å². The number of amides is 2. The predicted octanol–water partition coefficient (Wildman–Crippen LogP) is 2.15. The van der Waals surface area contributed by atoms with E-state index < -0.39 is 4.92 Å². The molecule has 1 saturated carbocycles. The second-order valence-corrected chi connectivity index (χ2v) is 7.28. The van der Waals surface area contributed by atoms with Crippen LogP contribution in [0.1, 0.15) is 18.9 Å². The van der Waals surface area contributed by atoms with Gasteiger partial charge in [0, 0.05) is 11.6 Å². The van der Waals surface area contributed by atoms with E-state index in [4.69, 9.17) is 15.9 Å². The zero-order valence-corrected chi connectivity index (χ0v) is 16.2. The fraction of sp³-hybridized carbons (Fsp3) is 0.381. The number of carbonyl (C=O) groups is 2. The number of benzene rings is 1. The van der Waals surface area contributed by atoms with Gasteiger partial charge in [0.25, 0.3) is 11.8 Å². The summed E-state index contributed by atoms with van der Waals surface area (Å²) in [4.78, 5) is 36.3. The fourth-order valence-electron chi connectivity index (χ4n) is 4.46. The molecule has 2 aliphatic carbocycles. The van der Waals surface area contributed by atoms with Gasteiger partial charge in [-0.2, -0.15) is 10.1 Å². The molecule has 1 aromatic carbocycles. The maximum absolute atomic E-state index is 12.7. The van der Waals surface area contributed by atoms with Crippen LogP contribution in [-0.4, -0.2) is 41.2 Å². The topological polar surface area (TPSA) is 111 Å². The molecule has 1 aromatic rings. The molecule has 1 aliphatic heterocycles. The molecule has 9 heteroatoms. The highest BCUT2D eigenvalue weighted by Gasteiger charge is 2.59. The first-order valence-electron chi connectivity index (χ1n) is 9.57. The highest BCUT2D eigenvalue weighted by atomic mass is 16.6.